The number of esters is 1. The van der Waals surface area contributed by atoms with E-state index in [2.05, 4.69) is 32.0 Å². The van der Waals surface area contributed by atoms with Crippen molar-refractivity contribution < 1.29 is 14.3 Å². The van der Waals surface area contributed by atoms with E-state index in [9.17, 15) is 4.79 Å². The van der Waals surface area contributed by atoms with Crippen LogP contribution in [0, 0.1) is 17.3 Å². The van der Waals surface area contributed by atoms with E-state index in [1.165, 1.54) is 36.7 Å². The van der Waals surface area contributed by atoms with Crippen LogP contribution in [-0.4, -0.2) is 20.2 Å². The highest BCUT2D eigenvalue weighted by Gasteiger charge is 2.53. The zero-order chi connectivity index (χ0) is 17.8. The highest BCUT2D eigenvalue weighted by Crippen LogP contribution is 2.62. The summed E-state index contributed by atoms with van der Waals surface area (Å²) in [5, 5.41) is 0. The zero-order valence-electron chi connectivity index (χ0n) is 15.7. The number of carbonyl (C=O) groups is 1. The molecule has 4 rings (SSSR count). The summed E-state index contributed by atoms with van der Waals surface area (Å²) in [5.74, 6) is 2.69. The summed E-state index contributed by atoms with van der Waals surface area (Å²) in [7, 11) is 3.24. The lowest BCUT2D eigenvalue weighted by Gasteiger charge is -2.50. The van der Waals surface area contributed by atoms with Gasteiger partial charge in [0.25, 0.3) is 0 Å². The molecule has 1 aromatic carbocycles. The number of carbonyl (C=O) groups excluding carboxylic acids is 1. The Kier molecular flexibility index (Phi) is 3.93. The van der Waals surface area contributed by atoms with Crippen molar-refractivity contribution in [3.63, 3.8) is 0 Å². The summed E-state index contributed by atoms with van der Waals surface area (Å²) in [6, 6.07) is 6.61. The molecular weight excluding hydrogens is 312 g/mol. The van der Waals surface area contributed by atoms with E-state index < -0.39 is 0 Å². The maximum Gasteiger partial charge on any atom is 0.333 e. The van der Waals surface area contributed by atoms with Gasteiger partial charge in [0.05, 0.1) is 14.2 Å². The Labute approximate surface area is 150 Å². The number of aryl methyl sites for hydroxylation is 1. The van der Waals surface area contributed by atoms with E-state index in [-0.39, 0.29) is 11.4 Å². The van der Waals surface area contributed by atoms with Gasteiger partial charge in [-0.15, -0.1) is 0 Å². The molecule has 3 aliphatic carbocycles. The van der Waals surface area contributed by atoms with Crippen molar-refractivity contribution in [3.05, 3.63) is 40.5 Å². The lowest BCUT2D eigenvalue weighted by molar-refractivity contribution is -0.136. The van der Waals surface area contributed by atoms with Crippen LogP contribution in [0.2, 0.25) is 0 Å². The summed E-state index contributed by atoms with van der Waals surface area (Å²) in [4.78, 5) is 12.2. The number of benzene rings is 1. The van der Waals surface area contributed by atoms with Gasteiger partial charge in [-0.3, -0.25) is 0 Å². The van der Waals surface area contributed by atoms with Gasteiger partial charge >= 0.3 is 5.97 Å². The summed E-state index contributed by atoms with van der Waals surface area (Å²) in [6.45, 7) is 4.54. The molecule has 1 fully saturated rings. The molecule has 0 N–H and O–H groups in total. The third kappa shape index (κ3) is 2.35. The van der Waals surface area contributed by atoms with Crippen LogP contribution >= 0.6 is 0 Å². The maximum atomic E-state index is 12.2. The topological polar surface area (TPSA) is 35.5 Å². The van der Waals surface area contributed by atoms with Crippen LogP contribution in [0.15, 0.2) is 29.3 Å². The standard InChI is InChI=1S/C22H28O3/c1-13-19(21(23)25-4)12-20-18-7-5-14-11-15(24-3)6-8-16(14)17(18)9-10-22(13,20)2/h6,8,11,17-18,20H,5,7,9-10,12H2,1-4H3/t17-,18-,20+,22-/m1/s1. The molecule has 0 amide bonds. The largest absolute Gasteiger partial charge is 0.497 e. The lowest BCUT2D eigenvalue weighted by atomic mass is 9.54. The average Bonchev–Trinajstić information content (AvgIpc) is 2.91. The molecule has 0 saturated heterocycles. The number of fused-ring (bicyclic) bond motifs is 5. The van der Waals surface area contributed by atoms with Gasteiger partial charge in [0.15, 0.2) is 0 Å². The van der Waals surface area contributed by atoms with E-state index in [0.717, 1.165) is 30.6 Å². The van der Waals surface area contributed by atoms with Gasteiger partial charge in [-0.25, -0.2) is 4.79 Å². The summed E-state index contributed by atoms with van der Waals surface area (Å²) < 4.78 is 10.5. The van der Waals surface area contributed by atoms with Crippen molar-refractivity contribution in [1.82, 2.24) is 0 Å². The zero-order valence-corrected chi connectivity index (χ0v) is 15.7. The Morgan fingerprint density at radius 2 is 2.04 bits per heavy atom. The number of hydrogen-bond acceptors (Lipinski definition) is 3. The first-order chi connectivity index (χ1) is 12.0. The molecule has 25 heavy (non-hydrogen) atoms. The minimum Gasteiger partial charge on any atom is -0.497 e. The third-order valence-corrected chi connectivity index (χ3v) is 7.49. The van der Waals surface area contributed by atoms with Crippen molar-refractivity contribution in [2.75, 3.05) is 14.2 Å². The summed E-state index contributed by atoms with van der Waals surface area (Å²) in [5.41, 5.74) is 5.36. The Morgan fingerprint density at radius 1 is 1.24 bits per heavy atom. The highest BCUT2D eigenvalue weighted by molar-refractivity contribution is 5.90. The Balaban J connectivity index is 1.67. The first-order valence-electron chi connectivity index (χ1n) is 9.45. The van der Waals surface area contributed by atoms with Gasteiger partial charge in [-0.05, 0) is 85.5 Å². The molecule has 3 aliphatic rings. The predicted molar refractivity (Wildman–Crippen MR) is 97.7 cm³/mol. The SMILES string of the molecule is COC(=O)C1=C(C)[C@@]2(C)CC[C@@H]3c4ccc(OC)cc4CC[C@H]3[C@@H]2C1. The first kappa shape index (κ1) is 16.7. The number of rotatable bonds is 2. The first-order valence-corrected chi connectivity index (χ1v) is 9.45. The Morgan fingerprint density at radius 3 is 2.76 bits per heavy atom. The second kappa shape index (κ2) is 5.89. The van der Waals surface area contributed by atoms with Crippen LogP contribution < -0.4 is 4.74 Å². The van der Waals surface area contributed by atoms with Gasteiger partial charge in [0.1, 0.15) is 5.75 Å². The smallest absolute Gasteiger partial charge is 0.333 e. The van der Waals surface area contributed by atoms with Gasteiger partial charge in [0, 0.05) is 5.57 Å². The van der Waals surface area contributed by atoms with Crippen LogP contribution in [-0.2, 0) is 16.0 Å². The van der Waals surface area contributed by atoms with Gasteiger partial charge in [-0.1, -0.05) is 18.6 Å². The summed E-state index contributed by atoms with van der Waals surface area (Å²) >= 11 is 0. The van der Waals surface area contributed by atoms with Crippen LogP contribution in [0.3, 0.4) is 0 Å². The molecule has 1 saturated carbocycles. The van der Waals surface area contributed by atoms with Gasteiger partial charge in [-0.2, -0.15) is 0 Å². The highest BCUT2D eigenvalue weighted by atomic mass is 16.5. The number of hydrogen-bond donors (Lipinski definition) is 0. The van der Waals surface area contributed by atoms with Gasteiger partial charge < -0.3 is 9.47 Å². The Hall–Kier alpha value is -1.77. The maximum absolute atomic E-state index is 12.2. The lowest BCUT2D eigenvalue weighted by Crippen LogP contribution is -2.40. The average molecular weight is 340 g/mol. The van der Waals surface area contributed by atoms with E-state index >= 15 is 0 Å². The molecule has 0 spiro atoms. The minimum absolute atomic E-state index is 0.120. The molecule has 0 aliphatic heterocycles. The quantitative estimate of drug-likeness (QED) is 0.735. The Bertz CT molecular complexity index is 748. The second-order valence-electron chi connectivity index (χ2n) is 8.24. The van der Waals surface area contributed by atoms with E-state index in [1.807, 2.05) is 0 Å². The van der Waals surface area contributed by atoms with Crippen LogP contribution in [0.1, 0.15) is 56.6 Å². The fourth-order valence-corrected chi connectivity index (χ4v) is 5.93. The van der Waals surface area contributed by atoms with Crippen molar-refractivity contribution in [2.45, 2.75) is 51.9 Å². The van der Waals surface area contributed by atoms with Crippen LogP contribution in [0.5, 0.6) is 5.75 Å². The summed E-state index contributed by atoms with van der Waals surface area (Å²) in [6.07, 6.45) is 5.60. The second-order valence-corrected chi connectivity index (χ2v) is 8.24. The molecule has 3 nitrogen and oxygen atoms in total. The molecule has 0 heterocycles. The fourth-order valence-electron chi connectivity index (χ4n) is 5.93. The van der Waals surface area contributed by atoms with E-state index in [1.54, 1.807) is 7.11 Å². The van der Waals surface area contributed by atoms with Crippen molar-refractivity contribution in [3.8, 4) is 5.75 Å². The monoisotopic (exact) mass is 340 g/mol. The number of ether oxygens (including phenoxy) is 2. The number of allylic oxidation sites excluding steroid dienone is 1. The van der Waals surface area contributed by atoms with E-state index in [4.69, 9.17) is 9.47 Å². The molecule has 4 atom stereocenters. The molecule has 1 aromatic rings. The van der Waals surface area contributed by atoms with Crippen molar-refractivity contribution in [2.24, 2.45) is 17.3 Å². The third-order valence-electron chi connectivity index (χ3n) is 7.49. The normalized spacial score (nSPS) is 33.4. The van der Waals surface area contributed by atoms with Crippen molar-refractivity contribution in [1.29, 1.82) is 0 Å². The molecule has 0 aromatic heterocycles. The molecule has 0 bridgehead atoms. The number of methoxy groups -OCH3 is 2. The fraction of sp³-hybridized carbons (Fsp3) is 0.591. The minimum atomic E-state index is -0.120. The van der Waals surface area contributed by atoms with Crippen LogP contribution in [0.4, 0.5) is 0 Å². The predicted octanol–water partition coefficient (Wildman–Crippen LogP) is 4.65. The molecule has 134 valence electrons. The molecule has 0 unspecified atom stereocenters. The van der Waals surface area contributed by atoms with E-state index in [0.29, 0.717) is 17.8 Å². The molecule has 0 radical (unpaired) electrons. The molecule has 3 heteroatoms. The van der Waals surface area contributed by atoms with Gasteiger partial charge in [0.2, 0.25) is 0 Å². The molecular formula is C22H28O3. The van der Waals surface area contributed by atoms with Crippen LogP contribution in [0.25, 0.3) is 0 Å². The van der Waals surface area contributed by atoms with Crippen molar-refractivity contribution >= 4 is 5.97 Å².